The molecule has 0 amide bonds. The van der Waals surface area contributed by atoms with Crippen molar-refractivity contribution < 1.29 is 0 Å². The topological polar surface area (TPSA) is 37.8 Å². The molecular formula is C14H17N3. The Morgan fingerprint density at radius 1 is 1.00 bits per heavy atom. The van der Waals surface area contributed by atoms with Crippen molar-refractivity contribution in [3.05, 3.63) is 60.2 Å². The summed E-state index contributed by atoms with van der Waals surface area (Å²) in [6.45, 7) is 4.26. The van der Waals surface area contributed by atoms with Gasteiger partial charge in [-0.3, -0.25) is 9.97 Å². The van der Waals surface area contributed by atoms with Crippen LogP contribution in [0.4, 0.5) is 0 Å². The molecule has 0 saturated carbocycles. The molecule has 2 heterocycles. The molecule has 0 saturated heterocycles. The van der Waals surface area contributed by atoms with Crippen LogP contribution in [0.5, 0.6) is 0 Å². The van der Waals surface area contributed by atoms with Gasteiger partial charge in [0.2, 0.25) is 0 Å². The molecule has 0 fully saturated rings. The number of nitrogens with one attached hydrogen (secondary N) is 1. The van der Waals surface area contributed by atoms with Crippen LogP contribution in [0.25, 0.3) is 0 Å². The third-order valence-electron chi connectivity index (χ3n) is 2.82. The maximum Gasteiger partial charge on any atom is 0.0570 e. The van der Waals surface area contributed by atoms with E-state index in [-0.39, 0.29) is 12.1 Å². The highest BCUT2D eigenvalue weighted by Crippen LogP contribution is 2.16. The van der Waals surface area contributed by atoms with Crippen molar-refractivity contribution in [3.63, 3.8) is 0 Å². The van der Waals surface area contributed by atoms with Gasteiger partial charge in [0.05, 0.1) is 5.69 Å². The highest BCUT2D eigenvalue weighted by molar-refractivity contribution is 5.14. The van der Waals surface area contributed by atoms with Crippen LogP contribution in [0.15, 0.2) is 48.9 Å². The van der Waals surface area contributed by atoms with E-state index in [0.717, 1.165) is 5.69 Å². The lowest BCUT2D eigenvalue weighted by Gasteiger charge is -2.19. The van der Waals surface area contributed by atoms with Crippen LogP contribution in [0.3, 0.4) is 0 Å². The third-order valence-corrected chi connectivity index (χ3v) is 2.82. The number of rotatable bonds is 4. The maximum absolute atomic E-state index is 4.35. The Bertz CT molecular complexity index is 398. The van der Waals surface area contributed by atoms with E-state index in [1.807, 2.05) is 36.7 Å². The molecule has 1 N–H and O–H groups in total. The van der Waals surface area contributed by atoms with Gasteiger partial charge in [0.1, 0.15) is 0 Å². The Morgan fingerprint density at radius 2 is 1.88 bits per heavy atom. The Balaban J connectivity index is 2.02. The molecule has 2 atom stereocenters. The molecule has 0 aromatic carbocycles. The van der Waals surface area contributed by atoms with Gasteiger partial charge >= 0.3 is 0 Å². The van der Waals surface area contributed by atoms with Crippen molar-refractivity contribution in [2.45, 2.75) is 25.9 Å². The summed E-state index contributed by atoms with van der Waals surface area (Å²) < 4.78 is 0. The minimum absolute atomic E-state index is 0.228. The second kappa shape index (κ2) is 5.55. The van der Waals surface area contributed by atoms with Gasteiger partial charge in [0.15, 0.2) is 0 Å². The van der Waals surface area contributed by atoms with Crippen LogP contribution in [-0.4, -0.2) is 9.97 Å². The monoisotopic (exact) mass is 227 g/mol. The van der Waals surface area contributed by atoms with Crippen LogP contribution >= 0.6 is 0 Å². The van der Waals surface area contributed by atoms with Crippen LogP contribution in [0, 0.1) is 0 Å². The number of hydrogen-bond acceptors (Lipinski definition) is 3. The van der Waals surface area contributed by atoms with Gasteiger partial charge in [0.25, 0.3) is 0 Å². The zero-order valence-corrected chi connectivity index (χ0v) is 10.2. The van der Waals surface area contributed by atoms with Crippen LogP contribution in [0.2, 0.25) is 0 Å². The SMILES string of the molecule is CC(N[C@H](C)c1cccnc1)c1ccccn1. The van der Waals surface area contributed by atoms with E-state index in [4.69, 9.17) is 0 Å². The molecule has 2 rings (SSSR count). The zero-order chi connectivity index (χ0) is 12.1. The lowest BCUT2D eigenvalue weighted by molar-refractivity contribution is 0.485. The molecule has 2 aromatic heterocycles. The minimum Gasteiger partial charge on any atom is -0.302 e. The Kier molecular flexibility index (Phi) is 3.83. The normalized spacial score (nSPS) is 14.2. The standard InChI is InChI=1S/C14H17N3/c1-11(13-6-5-8-15-10-13)17-12(2)14-7-3-4-9-16-14/h3-12,17H,1-2H3/t11-,12?/m1/s1. The number of nitrogens with zero attached hydrogens (tertiary/aromatic N) is 2. The van der Waals surface area contributed by atoms with Crippen molar-refractivity contribution >= 4 is 0 Å². The molecule has 0 aliphatic rings. The van der Waals surface area contributed by atoms with Gasteiger partial charge in [-0.05, 0) is 37.6 Å². The highest BCUT2D eigenvalue weighted by atomic mass is 15.0. The quantitative estimate of drug-likeness (QED) is 0.872. The largest absolute Gasteiger partial charge is 0.302 e. The molecule has 0 radical (unpaired) electrons. The summed E-state index contributed by atoms with van der Waals surface area (Å²) in [4.78, 5) is 8.48. The molecule has 88 valence electrons. The van der Waals surface area contributed by atoms with E-state index >= 15 is 0 Å². The average molecular weight is 227 g/mol. The zero-order valence-electron chi connectivity index (χ0n) is 10.2. The van der Waals surface area contributed by atoms with Crippen molar-refractivity contribution in [2.24, 2.45) is 0 Å². The Labute approximate surface area is 102 Å². The molecule has 1 unspecified atom stereocenters. The van der Waals surface area contributed by atoms with E-state index in [9.17, 15) is 0 Å². The number of hydrogen-bond donors (Lipinski definition) is 1. The number of aromatic nitrogens is 2. The second-order valence-corrected chi connectivity index (χ2v) is 4.15. The smallest absolute Gasteiger partial charge is 0.0570 e. The molecule has 3 heteroatoms. The van der Waals surface area contributed by atoms with Crippen molar-refractivity contribution in [2.75, 3.05) is 0 Å². The van der Waals surface area contributed by atoms with Gasteiger partial charge in [-0.25, -0.2) is 0 Å². The van der Waals surface area contributed by atoms with Gasteiger partial charge in [-0.1, -0.05) is 12.1 Å². The number of pyridine rings is 2. The fourth-order valence-corrected chi connectivity index (χ4v) is 1.82. The first kappa shape index (κ1) is 11.7. The molecular weight excluding hydrogens is 210 g/mol. The van der Waals surface area contributed by atoms with Gasteiger partial charge in [0, 0.05) is 30.7 Å². The Hall–Kier alpha value is -1.74. The lowest BCUT2D eigenvalue weighted by Crippen LogP contribution is -2.23. The third kappa shape index (κ3) is 3.11. The van der Waals surface area contributed by atoms with Gasteiger partial charge in [-0.2, -0.15) is 0 Å². The predicted octanol–water partition coefficient (Wildman–Crippen LogP) is 2.89. The molecule has 17 heavy (non-hydrogen) atoms. The van der Waals surface area contributed by atoms with E-state index < -0.39 is 0 Å². The van der Waals surface area contributed by atoms with Crippen LogP contribution in [0.1, 0.15) is 37.2 Å². The minimum atomic E-state index is 0.228. The summed E-state index contributed by atoms with van der Waals surface area (Å²) in [5.74, 6) is 0. The van der Waals surface area contributed by atoms with E-state index in [0.29, 0.717) is 0 Å². The summed E-state index contributed by atoms with van der Waals surface area (Å²) >= 11 is 0. The first-order chi connectivity index (χ1) is 8.27. The first-order valence-electron chi connectivity index (χ1n) is 5.84. The van der Waals surface area contributed by atoms with E-state index in [1.54, 1.807) is 6.20 Å². The molecule has 0 spiro atoms. The Morgan fingerprint density at radius 3 is 2.53 bits per heavy atom. The summed E-state index contributed by atoms with van der Waals surface area (Å²) in [5.41, 5.74) is 2.25. The maximum atomic E-state index is 4.35. The first-order valence-corrected chi connectivity index (χ1v) is 5.84. The van der Waals surface area contributed by atoms with E-state index in [1.165, 1.54) is 5.56 Å². The summed E-state index contributed by atoms with van der Waals surface area (Å²) in [6.07, 6.45) is 5.50. The molecule has 0 bridgehead atoms. The predicted molar refractivity (Wildman–Crippen MR) is 68.4 cm³/mol. The molecule has 2 aromatic rings. The average Bonchev–Trinajstić information content (AvgIpc) is 2.40. The summed E-state index contributed by atoms with van der Waals surface area (Å²) in [6, 6.07) is 10.5. The lowest BCUT2D eigenvalue weighted by atomic mass is 10.1. The van der Waals surface area contributed by atoms with Gasteiger partial charge in [-0.15, -0.1) is 0 Å². The van der Waals surface area contributed by atoms with Crippen LogP contribution in [-0.2, 0) is 0 Å². The summed E-state index contributed by atoms with van der Waals surface area (Å²) in [7, 11) is 0. The van der Waals surface area contributed by atoms with Crippen molar-refractivity contribution in [1.29, 1.82) is 0 Å². The van der Waals surface area contributed by atoms with Crippen LogP contribution < -0.4 is 5.32 Å². The molecule has 0 aliphatic heterocycles. The van der Waals surface area contributed by atoms with Crippen molar-refractivity contribution in [1.82, 2.24) is 15.3 Å². The fourth-order valence-electron chi connectivity index (χ4n) is 1.82. The fraction of sp³-hybridized carbons (Fsp3) is 0.286. The summed E-state index contributed by atoms with van der Waals surface area (Å²) in [5, 5.41) is 3.51. The molecule has 0 aliphatic carbocycles. The van der Waals surface area contributed by atoms with Crippen molar-refractivity contribution in [3.8, 4) is 0 Å². The van der Waals surface area contributed by atoms with Gasteiger partial charge < -0.3 is 5.32 Å². The second-order valence-electron chi connectivity index (χ2n) is 4.15. The highest BCUT2D eigenvalue weighted by Gasteiger charge is 2.11. The van der Waals surface area contributed by atoms with E-state index in [2.05, 4.69) is 35.2 Å². The molecule has 3 nitrogen and oxygen atoms in total.